The van der Waals surface area contributed by atoms with Gasteiger partial charge in [-0.2, -0.15) is 5.01 Å². The van der Waals surface area contributed by atoms with Gasteiger partial charge in [-0.05, 0) is 23.3 Å². The Morgan fingerprint density at radius 3 is 2.06 bits per heavy atom. The van der Waals surface area contributed by atoms with E-state index in [-0.39, 0.29) is 6.61 Å². The van der Waals surface area contributed by atoms with Gasteiger partial charge in [0.2, 0.25) is 6.10 Å². The van der Waals surface area contributed by atoms with Crippen molar-refractivity contribution < 1.29 is 23.9 Å². The molecule has 1 fully saturated rings. The number of carbonyl (C=O) groups is 3. The second-order valence-corrected chi connectivity index (χ2v) is 7.39. The fraction of sp³-hybridized carbons (Fsp3) is 0.125. The van der Waals surface area contributed by atoms with Crippen LogP contribution in [0.1, 0.15) is 11.1 Å². The van der Waals surface area contributed by atoms with E-state index >= 15 is 0 Å². The lowest BCUT2D eigenvalue weighted by Crippen LogP contribution is -2.54. The molecule has 8 nitrogen and oxygen atoms in total. The number of hydrogen-bond acceptors (Lipinski definition) is 5. The van der Waals surface area contributed by atoms with Crippen LogP contribution >= 0.6 is 0 Å². The summed E-state index contributed by atoms with van der Waals surface area (Å²) in [5, 5.41) is 3.48. The fourth-order valence-corrected chi connectivity index (χ4v) is 3.90. The molecule has 160 valence electrons. The van der Waals surface area contributed by atoms with Crippen molar-refractivity contribution in [2.45, 2.75) is 11.6 Å². The third-order valence-corrected chi connectivity index (χ3v) is 5.46. The van der Waals surface area contributed by atoms with Gasteiger partial charge < -0.3 is 14.8 Å². The minimum Gasteiger partial charge on any atom is -0.485 e. The minimum absolute atomic E-state index is 0.0466. The van der Waals surface area contributed by atoms with E-state index in [1.165, 1.54) is 0 Å². The molecule has 1 saturated heterocycles. The van der Waals surface area contributed by atoms with Gasteiger partial charge >= 0.3 is 6.03 Å². The van der Waals surface area contributed by atoms with Crippen LogP contribution in [0.3, 0.4) is 0 Å². The van der Waals surface area contributed by atoms with Gasteiger partial charge in [-0.3, -0.25) is 15.0 Å². The van der Waals surface area contributed by atoms with E-state index < -0.39 is 29.5 Å². The third-order valence-electron chi connectivity index (χ3n) is 5.46. The molecule has 0 bridgehead atoms. The van der Waals surface area contributed by atoms with Crippen molar-refractivity contribution >= 4 is 17.8 Å². The number of nitrogens with one attached hydrogen (secondary N) is 2. The predicted molar refractivity (Wildman–Crippen MR) is 114 cm³/mol. The Bertz CT molecular complexity index is 1140. The van der Waals surface area contributed by atoms with E-state index in [0.29, 0.717) is 27.6 Å². The first-order valence-corrected chi connectivity index (χ1v) is 10.1. The van der Waals surface area contributed by atoms with E-state index in [1.807, 2.05) is 12.1 Å². The maximum absolute atomic E-state index is 13.6. The summed E-state index contributed by atoms with van der Waals surface area (Å²) in [5.41, 5.74) is 2.08. The van der Waals surface area contributed by atoms with Gasteiger partial charge in [0, 0.05) is 0 Å². The Balaban J connectivity index is 1.43. The lowest BCUT2D eigenvalue weighted by Gasteiger charge is -2.29. The number of para-hydroxylation sites is 2. The van der Waals surface area contributed by atoms with Crippen molar-refractivity contribution in [2.24, 2.45) is 0 Å². The van der Waals surface area contributed by atoms with Gasteiger partial charge in [-0.25, -0.2) is 4.79 Å². The number of rotatable bonds is 4. The molecule has 0 unspecified atom stereocenters. The number of nitrogens with zero attached hydrogens (tertiary/aromatic N) is 1. The number of fused-ring (bicyclic) bond motifs is 1. The number of imide groups is 1. The molecule has 2 N–H and O–H groups in total. The van der Waals surface area contributed by atoms with Crippen molar-refractivity contribution in [3.8, 4) is 11.5 Å². The summed E-state index contributed by atoms with van der Waals surface area (Å²) in [6.07, 6.45) is -1.02. The van der Waals surface area contributed by atoms with Crippen molar-refractivity contribution in [1.82, 2.24) is 15.8 Å². The van der Waals surface area contributed by atoms with Gasteiger partial charge in [0.25, 0.3) is 11.8 Å². The van der Waals surface area contributed by atoms with Crippen LogP contribution in [-0.2, 0) is 15.1 Å². The topological polar surface area (TPSA) is 97.0 Å². The maximum Gasteiger partial charge on any atom is 0.344 e. The summed E-state index contributed by atoms with van der Waals surface area (Å²) < 4.78 is 11.3. The lowest BCUT2D eigenvalue weighted by atomic mass is 9.83. The summed E-state index contributed by atoms with van der Waals surface area (Å²) in [6, 6.07) is 24.0. The number of hydrogen-bond donors (Lipinski definition) is 2. The zero-order valence-corrected chi connectivity index (χ0v) is 16.9. The van der Waals surface area contributed by atoms with Crippen LogP contribution in [0.15, 0.2) is 84.9 Å². The highest BCUT2D eigenvalue weighted by atomic mass is 16.6. The van der Waals surface area contributed by atoms with Crippen molar-refractivity contribution in [3.63, 3.8) is 0 Å². The van der Waals surface area contributed by atoms with Crippen molar-refractivity contribution in [2.75, 3.05) is 6.61 Å². The third kappa shape index (κ3) is 3.13. The number of ether oxygens (including phenoxy) is 2. The van der Waals surface area contributed by atoms with Crippen LogP contribution in [0.4, 0.5) is 4.79 Å². The second-order valence-electron chi connectivity index (χ2n) is 7.39. The fourth-order valence-electron chi connectivity index (χ4n) is 3.90. The molecule has 2 aliphatic rings. The molecule has 2 aliphatic heterocycles. The smallest absolute Gasteiger partial charge is 0.344 e. The SMILES string of the molecule is O=C(NN1C(=O)NC(c2ccccc2)(c2ccccc2)C1=O)[C@@H]1COc2ccccc2O1. The van der Waals surface area contributed by atoms with Crippen LogP contribution < -0.4 is 20.2 Å². The van der Waals surface area contributed by atoms with Crippen LogP contribution in [0.25, 0.3) is 0 Å². The molecular weight excluding hydrogens is 410 g/mol. The number of urea groups is 1. The van der Waals surface area contributed by atoms with E-state index in [0.717, 1.165) is 0 Å². The van der Waals surface area contributed by atoms with Crippen LogP contribution in [0.5, 0.6) is 11.5 Å². The predicted octanol–water partition coefficient (Wildman–Crippen LogP) is 2.35. The summed E-state index contributed by atoms with van der Waals surface area (Å²) in [7, 11) is 0. The van der Waals surface area contributed by atoms with Crippen LogP contribution in [0.2, 0.25) is 0 Å². The van der Waals surface area contributed by atoms with Gasteiger partial charge in [0.05, 0.1) is 0 Å². The Kier molecular flexibility index (Phi) is 4.74. The zero-order valence-electron chi connectivity index (χ0n) is 16.9. The van der Waals surface area contributed by atoms with Gasteiger partial charge in [-0.1, -0.05) is 72.8 Å². The average molecular weight is 429 g/mol. The second kappa shape index (κ2) is 7.73. The van der Waals surface area contributed by atoms with E-state index in [1.54, 1.807) is 72.8 Å². The van der Waals surface area contributed by atoms with Gasteiger partial charge in [-0.15, -0.1) is 0 Å². The van der Waals surface area contributed by atoms with Crippen molar-refractivity contribution in [3.05, 3.63) is 96.1 Å². The van der Waals surface area contributed by atoms with E-state index in [9.17, 15) is 14.4 Å². The molecule has 0 saturated carbocycles. The Morgan fingerprint density at radius 2 is 1.44 bits per heavy atom. The van der Waals surface area contributed by atoms with E-state index in [4.69, 9.17) is 9.47 Å². The summed E-state index contributed by atoms with van der Waals surface area (Å²) in [6.45, 7) is -0.0466. The summed E-state index contributed by atoms with van der Waals surface area (Å²) in [4.78, 5) is 39.3. The molecule has 5 rings (SSSR count). The highest BCUT2D eigenvalue weighted by molar-refractivity contribution is 6.10. The number of amides is 4. The molecule has 3 aromatic rings. The van der Waals surface area contributed by atoms with Crippen LogP contribution in [0, 0.1) is 0 Å². The molecule has 3 aromatic carbocycles. The summed E-state index contributed by atoms with van der Waals surface area (Å²) in [5.74, 6) is -0.344. The van der Waals surface area contributed by atoms with Gasteiger partial charge in [0.15, 0.2) is 17.0 Å². The Labute approximate surface area is 183 Å². The number of carbonyl (C=O) groups excluding carboxylic acids is 3. The molecule has 32 heavy (non-hydrogen) atoms. The Hall–Kier alpha value is -4.33. The van der Waals surface area contributed by atoms with E-state index in [2.05, 4.69) is 10.7 Å². The molecular formula is C24H19N3O5. The quantitative estimate of drug-likeness (QED) is 0.621. The highest BCUT2D eigenvalue weighted by Crippen LogP contribution is 2.35. The molecule has 0 aliphatic carbocycles. The Morgan fingerprint density at radius 1 is 0.875 bits per heavy atom. The first kappa shape index (κ1) is 19.6. The minimum atomic E-state index is -1.47. The molecule has 0 spiro atoms. The molecule has 1 atom stereocenters. The molecule has 0 aromatic heterocycles. The first-order chi connectivity index (χ1) is 15.6. The standard InChI is InChI=1S/C24H19N3O5/c28-21(20-15-31-18-13-7-8-14-19(18)32-20)26-27-22(29)24(25-23(27)30,16-9-3-1-4-10-16)17-11-5-2-6-12-17/h1-14,20H,15H2,(H,25,30)(H,26,28)/t20-/m0/s1. The van der Waals surface area contributed by atoms with Crippen molar-refractivity contribution in [1.29, 1.82) is 0 Å². The molecule has 2 heterocycles. The largest absolute Gasteiger partial charge is 0.485 e. The summed E-state index contributed by atoms with van der Waals surface area (Å²) >= 11 is 0. The molecule has 4 amide bonds. The number of hydrazine groups is 1. The molecule has 0 radical (unpaired) electrons. The lowest BCUT2D eigenvalue weighted by molar-refractivity contribution is -0.142. The first-order valence-electron chi connectivity index (χ1n) is 10.1. The van der Waals surface area contributed by atoms with Crippen LogP contribution in [-0.4, -0.2) is 35.6 Å². The molecule has 8 heteroatoms. The van der Waals surface area contributed by atoms with Gasteiger partial charge in [0.1, 0.15) is 6.61 Å². The monoisotopic (exact) mass is 429 g/mol. The maximum atomic E-state index is 13.6. The average Bonchev–Trinajstić information content (AvgIpc) is 3.10. The number of benzene rings is 3. The normalized spacial score (nSPS) is 18.8. The zero-order chi connectivity index (χ0) is 22.1. The highest BCUT2D eigenvalue weighted by Gasteiger charge is 2.55.